The van der Waals surface area contributed by atoms with Crippen molar-refractivity contribution >= 4 is 39.0 Å². The van der Waals surface area contributed by atoms with Crippen LogP contribution < -0.4 is 4.90 Å². The van der Waals surface area contributed by atoms with Gasteiger partial charge < -0.3 is 4.90 Å². The molecule has 15 heavy (non-hydrogen) atoms. The van der Waals surface area contributed by atoms with Crippen LogP contribution in [0.2, 0.25) is 5.28 Å². The first-order valence-corrected chi connectivity index (χ1v) is 5.99. The Morgan fingerprint density at radius 2 is 2.13 bits per heavy atom. The van der Waals surface area contributed by atoms with Crippen molar-refractivity contribution in [3.63, 3.8) is 0 Å². The number of hydrogen-bond donors (Lipinski definition) is 0. The molecule has 2 aromatic heterocycles. The number of fused-ring (bicyclic) bond motifs is 1. The number of hydrogen-bond acceptors (Lipinski definition) is 4. The molecular weight excluding hydrogens is 230 g/mol. The maximum atomic E-state index is 5.89. The van der Waals surface area contributed by atoms with Gasteiger partial charge in [-0.2, -0.15) is 4.98 Å². The smallest absolute Gasteiger partial charge is 0.224 e. The van der Waals surface area contributed by atoms with Gasteiger partial charge in [0.25, 0.3) is 0 Å². The molecule has 2 rings (SSSR count). The predicted molar refractivity (Wildman–Crippen MR) is 66.0 cm³/mol. The van der Waals surface area contributed by atoms with E-state index >= 15 is 0 Å². The van der Waals surface area contributed by atoms with Crippen molar-refractivity contribution in [3.05, 3.63) is 16.7 Å². The minimum absolute atomic E-state index is 0.309. The molecule has 0 aliphatic carbocycles. The van der Waals surface area contributed by atoms with E-state index in [-0.39, 0.29) is 0 Å². The summed E-state index contributed by atoms with van der Waals surface area (Å²) < 4.78 is 1.09. The van der Waals surface area contributed by atoms with E-state index in [1.54, 1.807) is 11.3 Å². The Bertz CT molecular complexity index is 480. The normalized spacial score (nSPS) is 11.3. The fourth-order valence-corrected chi connectivity index (χ4v) is 2.34. The van der Waals surface area contributed by atoms with Gasteiger partial charge in [0.15, 0.2) is 5.82 Å². The Kier molecular flexibility index (Phi) is 2.80. The number of anilines is 1. The van der Waals surface area contributed by atoms with Gasteiger partial charge in [-0.1, -0.05) is 0 Å². The largest absolute Gasteiger partial charge is 0.356 e. The standard InChI is InChI=1S/C10H12ClN3S/c1-6(2)14(3)9-8-7(4-5-15-8)12-10(11)13-9/h4-6H,1-3H3. The summed E-state index contributed by atoms with van der Waals surface area (Å²) in [6, 6.07) is 2.35. The minimum Gasteiger partial charge on any atom is -0.356 e. The van der Waals surface area contributed by atoms with Gasteiger partial charge in [-0.3, -0.25) is 0 Å². The number of halogens is 1. The van der Waals surface area contributed by atoms with E-state index in [4.69, 9.17) is 11.6 Å². The third-order valence-electron chi connectivity index (χ3n) is 2.37. The molecule has 0 aromatic carbocycles. The molecule has 0 aliphatic heterocycles. The molecule has 0 bridgehead atoms. The molecule has 0 aliphatic rings. The molecule has 0 radical (unpaired) electrons. The van der Waals surface area contributed by atoms with Crippen molar-refractivity contribution in [2.75, 3.05) is 11.9 Å². The summed E-state index contributed by atoms with van der Waals surface area (Å²) in [5.41, 5.74) is 0.919. The second-order valence-corrected chi connectivity index (χ2v) is 4.91. The Morgan fingerprint density at radius 3 is 2.80 bits per heavy atom. The third-order valence-corrected chi connectivity index (χ3v) is 3.44. The lowest BCUT2D eigenvalue weighted by Crippen LogP contribution is -2.26. The van der Waals surface area contributed by atoms with Crippen LogP contribution >= 0.6 is 22.9 Å². The second kappa shape index (κ2) is 3.94. The maximum Gasteiger partial charge on any atom is 0.224 e. The Hall–Kier alpha value is -0.870. The summed E-state index contributed by atoms with van der Waals surface area (Å²) in [6.45, 7) is 4.24. The molecule has 0 unspecified atom stereocenters. The molecule has 2 aromatic rings. The number of rotatable bonds is 2. The van der Waals surface area contributed by atoms with E-state index < -0.39 is 0 Å². The van der Waals surface area contributed by atoms with Crippen LogP contribution in [-0.4, -0.2) is 23.1 Å². The van der Waals surface area contributed by atoms with Crippen molar-refractivity contribution in [1.29, 1.82) is 0 Å². The fourth-order valence-electron chi connectivity index (χ4n) is 1.30. The fraction of sp³-hybridized carbons (Fsp3) is 0.400. The van der Waals surface area contributed by atoms with Gasteiger partial charge in [0.1, 0.15) is 0 Å². The summed E-state index contributed by atoms with van der Waals surface area (Å²) in [7, 11) is 2.02. The molecule has 80 valence electrons. The van der Waals surface area contributed by atoms with Gasteiger partial charge in [-0.25, -0.2) is 4.98 Å². The first-order chi connectivity index (χ1) is 7.09. The summed E-state index contributed by atoms with van der Waals surface area (Å²) >= 11 is 7.53. The lowest BCUT2D eigenvalue weighted by atomic mass is 10.3. The quantitative estimate of drug-likeness (QED) is 0.757. The van der Waals surface area contributed by atoms with E-state index in [0.29, 0.717) is 11.3 Å². The van der Waals surface area contributed by atoms with Crippen LogP contribution in [0, 0.1) is 0 Å². The zero-order valence-corrected chi connectivity index (χ0v) is 10.4. The van der Waals surface area contributed by atoms with Crippen molar-refractivity contribution in [2.24, 2.45) is 0 Å². The third kappa shape index (κ3) is 1.92. The monoisotopic (exact) mass is 241 g/mol. The van der Waals surface area contributed by atoms with Crippen molar-refractivity contribution in [1.82, 2.24) is 9.97 Å². The Labute approximate surface area is 97.7 Å². The molecule has 0 fully saturated rings. The predicted octanol–water partition coefficient (Wildman–Crippen LogP) is 3.19. The number of nitrogens with zero attached hydrogens (tertiary/aromatic N) is 3. The van der Waals surface area contributed by atoms with Gasteiger partial charge >= 0.3 is 0 Å². The van der Waals surface area contributed by atoms with Crippen LogP contribution in [0.3, 0.4) is 0 Å². The summed E-state index contributed by atoms with van der Waals surface area (Å²) in [5.74, 6) is 0.912. The maximum absolute atomic E-state index is 5.89. The van der Waals surface area contributed by atoms with E-state index in [1.165, 1.54) is 0 Å². The molecule has 0 saturated heterocycles. The van der Waals surface area contributed by atoms with E-state index in [0.717, 1.165) is 16.0 Å². The molecule has 2 heterocycles. The van der Waals surface area contributed by atoms with Crippen LogP contribution in [0.15, 0.2) is 11.4 Å². The Morgan fingerprint density at radius 1 is 1.40 bits per heavy atom. The zero-order chi connectivity index (χ0) is 11.0. The summed E-state index contributed by atoms with van der Waals surface area (Å²) in [6.07, 6.45) is 0. The molecular formula is C10H12ClN3S. The van der Waals surface area contributed by atoms with E-state index in [9.17, 15) is 0 Å². The minimum atomic E-state index is 0.309. The van der Waals surface area contributed by atoms with Crippen LogP contribution in [-0.2, 0) is 0 Å². The van der Waals surface area contributed by atoms with Gasteiger partial charge in [-0.15, -0.1) is 11.3 Å². The highest BCUT2D eigenvalue weighted by atomic mass is 35.5. The molecule has 0 spiro atoms. The number of aromatic nitrogens is 2. The van der Waals surface area contributed by atoms with Crippen molar-refractivity contribution in [3.8, 4) is 0 Å². The molecule has 0 amide bonds. The molecule has 0 atom stereocenters. The van der Waals surface area contributed by atoms with Crippen LogP contribution in [0.5, 0.6) is 0 Å². The zero-order valence-electron chi connectivity index (χ0n) is 8.86. The highest BCUT2D eigenvalue weighted by Crippen LogP contribution is 2.29. The molecule has 0 saturated carbocycles. The summed E-state index contributed by atoms with van der Waals surface area (Å²) in [4.78, 5) is 10.6. The van der Waals surface area contributed by atoms with Gasteiger partial charge in [-0.05, 0) is 36.9 Å². The topological polar surface area (TPSA) is 29.0 Å². The first kappa shape index (κ1) is 10.6. The van der Waals surface area contributed by atoms with Gasteiger partial charge in [0.05, 0.1) is 10.2 Å². The lowest BCUT2D eigenvalue weighted by molar-refractivity contribution is 0.746. The van der Waals surface area contributed by atoms with E-state index in [2.05, 4.69) is 28.7 Å². The summed E-state index contributed by atoms with van der Waals surface area (Å²) in [5, 5.41) is 2.32. The highest BCUT2D eigenvalue weighted by Gasteiger charge is 2.13. The average molecular weight is 242 g/mol. The van der Waals surface area contributed by atoms with Crippen LogP contribution in [0.25, 0.3) is 10.2 Å². The average Bonchev–Trinajstić information content (AvgIpc) is 2.62. The highest BCUT2D eigenvalue weighted by molar-refractivity contribution is 7.17. The molecule has 5 heteroatoms. The molecule has 3 nitrogen and oxygen atoms in total. The van der Waals surface area contributed by atoms with Crippen molar-refractivity contribution < 1.29 is 0 Å². The first-order valence-electron chi connectivity index (χ1n) is 4.73. The van der Waals surface area contributed by atoms with Crippen LogP contribution in [0.4, 0.5) is 5.82 Å². The Balaban J connectivity index is 2.62. The van der Waals surface area contributed by atoms with Gasteiger partial charge in [0.2, 0.25) is 5.28 Å². The van der Waals surface area contributed by atoms with Crippen molar-refractivity contribution in [2.45, 2.75) is 19.9 Å². The van der Waals surface area contributed by atoms with Crippen LogP contribution in [0.1, 0.15) is 13.8 Å². The van der Waals surface area contributed by atoms with E-state index in [1.807, 2.05) is 18.5 Å². The lowest BCUT2D eigenvalue weighted by Gasteiger charge is -2.22. The number of thiophene rings is 1. The second-order valence-electron chi connectivity index (χ2n) is 3.66. The SMILES string of the molecule is CC(C)N(C)c1nc(Cl)nc2ccsc12. The van der Waals surface area contributed by atoms with Gasteiger partial charge in [0, 0.05) is 13.1 Å². The molecule has 0 N–H and O–H groups in total.